The molecule has 0 heterocycles. The van der Waals surface area contributed by atoms with Crippen molar-refractivity contribution in [2.75, 3.05) is 18.4 Å². The maximum atomic E-state index is 12.6. The summed E-state index contributed by atoms with van der Waals surface area (Å²) in [6, 6.07) is 17.8. The van der Waals surface area contributed by atoms with Gasteiger partial charge in [0.2, 0.25) is 0 Å². The summed E-state index contributed by atoms with van der Waals surface area (Å²) in [6.45, 7) is 1.68. The number of methoxy groups -OCH3 is 1. The number of hydrogen-bond acceptors (Lipinski definition) is 5. The maximum Gasteiger partial charge on any atom is 0.261 e. The van der Waals surface area contributed by atoms with Crippen molar-refractivity contribution in [1.29, 1.82) is 0 Å². The van der Waals surface area contributed by atoms with Crippen molar-refractivity contribution >= 4 is 49.1 Å². The van der Waals surface area contributed by atoms with E-state index in [9.17, 15) is 13.2 Å². The van der Waals surface area contributed by atoms with Crippen LogP contribution in [-0.4, -0.2) is 28.0 Å². The number of amides is 1. The number of rotatable bonds is 9. The Kier molecular flexibility index (Phi) is 8.23. The van der Waals surface area contributed by atoms with Crippen LogP contribution < -0.4 is 19.5 Å². The number of carbonyl (C=O) groups excluding carboxylic acids is 1. The second-order valence-electron chi connectivity index (χ2n) is 7.06. The van der Waals surface area contributed by atoms with Crippen molar-refractivity contribution < 1.29 is 22.7 Å². The van der Waals surface area contributed by atoms with Gasteiger partial charge in [0.25, 0.3) is 15.9 Å². The van der Waals surface area contributed by atoms with Crippen LogP contribution >= 0.6 is 27.5 Å². The SMILES string of the molecule is COc1ccc(NS(=O)(=O)c2ccc(OCC(=O)N[C@@H](C)c3ccc(Br)cc3)cc2)cc1Cl. The van der Waals surface area contributed by atoms with Gasteiger partial charge in [0.1, 0.15) is 11.5 Å². The number of nitrogens with one attached hydrogen (secondary N) is 2. The molecule has 0 aliphatic carbocycles. The van der Waals surface area contributed by atoms with Crippen molar-refractivity contribution in [3.8, 4) is 11.5 Å². The summed E-state index contributed by atoms with van der Waals surface area (Å²) in [7, 11) is -2.36. The zero-order chi connectivity index (χ0) is 24.0. The summed E-state index contributed by atoms with van der Waals surface area (Å²) in [5.74, 6) is 0.518. The monoisotopic (exact) mass is 552 g/mol. The molecule has 0 fully saturated rings. The van der Waals surface area contributed by atoms with E-state index in [2.05, 4.69) is 26.0 Å². The summed E-state index contributed by atoms with van der Waals surface area (Å²) in [6.07, 6.45) is 0. The van der Waals surface area contributed by atoms with E-state index in [-0.39, 0.29) is 28.5 Å². The van der Waals surface area contributed by atoms with Gasteiger partial charge in [0.15, 0.2) is 6.61 Å². The minimum absolute atomic E-state index is 0.0371. The molecule has 3 aromatic carbocycles. The van der Waals surface area contributed by atoms with Gasteiger partial charge in [-0.3, -0.25) is 9.52 Å². The Labute approximate surface area is 206 Å². The number of anilines is 1. The van der Waals surface area contributed by atoms with Crippen molar-refractivity contribution in [3.05, 3.63) is 81.8 Å². The molecule has 0 spiro atoms. The third kappa shape index (κ3) is 6.86. The molecule has 2 N–H and O–H groups in total. The molecule has 0 radical (unpaired) electrons. The second kappa shape index (κ2) is 10.9. The fourth-order valence-corrected chi connectivity index (χ4v) is 4.50. The van der Waals surface area contributed by atoms with Crippen LogP contribution in [0.4, 0.5) is 5.69 Å². The van der Waals surface area contributed by atoms with Gasteiger partial charge in [-0.2, -0.15) is 0 Å². The first-order valence-electron chi connectivity index (χ1n) is 9.82. The van der Waals surface area contributed by atoms with Gasteiger partial charge >= 0.3 is 0 Å². The highest BCUT2D eigenvalue weighted by atomic mass is 79.9. The average Bonchev–Trinajstić information content (AvgIpc) is 2.78. The fraction of sp³-hybridized carbons (Fsp3) is 0.174. The quantitative estimate of drug-likeness (QED) is 0.381. The van der Waals surface area contributed by atoms with Gasteiger partial charge in [0, 0.05) is 4.47 Å². The number of halogens is 2. The van der Waals surface area contributed by atoms with E-state index >= 15 is 0 Å². The molecule has 1 amide bonds. The van der Waals surface area contributed by atoms with Gasteiger partial charge in [-0.1, -0.05) is 39.7 Å². The molecule has 174 valence electrons. The standard InChI is InChI=1S/C23H22BrClN2O5S/c1-15(16-3-5-17(24)6-4-16)26-23(28)14-32-19-8-10-20(11-9-19)33(29,30)27-18-7-12-22(31-2)21(25)13-18/h3-13,15,27H,14H2,1-2H3,(H,26,28)/t15-/m0/s1. The molecule has 0 saturated carbocycles. The summed E-state index contributed by atoms with van der Waals surface area (Å²) < 4.78 is 39.2. The maximum absolute atomic E-state index is 12.6. The third-order valence-electron chi connectivity index (χ3n) is 4.66. The van der Waals surface area contributed by atoms with Crippen LogP contribution in [0.1, 0.15) is 18.5 Å². The Morgan fingerprint density at radius 1 is 1.06 bits per heavy atom. The van der Waals surface area contributed by atoms with E-state index in [1.807, 2.05) is 31.2 Å². The Morgan fingerprint density at radius 3 is 2.33 bits per heavy atom. The van der Waals surface area contributed by atoms with Gasteiger partial charge in [-0.25, -0.2) is 8.42 Å². The van der Waals surface area contributed by atoms with Crippen molar-refractivity contribution in [2.45, 2.75) is 17.9 Å². The normalized spacial score (nSPS) is 12.0. The Balaban J connectivity index is 1.56. The van der Waals surface area contributed by atoms with Crippen LogP contribution in [-0.2, 0) is 14.8 Å². The molecule has 0 saturated heterocycles. The van der Waals surface area contributed by atoms with E-state index in [1.165, 1.54) is 37.4 Å². The van der Waals surface area contributed by atoms with Crippen LogP contribution in [0, 0.1) is 0 Å². The smallest absolute Gasteiger partial charge is 0.261 e. The van der Waals surface area contributed by atoms with Crippen LogP contribution in [0.25, 0.3) is 0 Å². The summed E-state index contributed by atoms with van der Waals surface area (Å²) in [4.78, 5) is 12.2. The summed E-state index contributed by atoms with van der Waals surface area (Å²) >= 11 is 9.43. The molecule has 0 aliphatic rings. The van der Waals surface area contributed by atoms with Crippen LogP contribution in [0.5, 0.6) is 11.5 Å². The third-order valence-corrected chi connectivity index (χ3v) is 6.88. The predicted octanol–water partition coefficient (Wildman–Crippen LogP) is 5.17. The Morgan fingerprint density at radius 2 is 1.73 bits per heavy atom. The van der Waals surface area contributed by atoms with Crippen molar-refractivity contribution in [3.63, 3.8) is 0 Å². The second-order valence-corrected chi connectivity index (χ2v) is 10.1. The van der Waals surface area contributed by atoms with E-state index in [0.717, 1.165) is 10.0 Å². The molecule has 1 atom stereocenters. The molecule has 7 nitrogen and oxygen atoms in total. The molecular weight excluding hydrogens is 532 g/mol. The molecule has 10 heteroatoms. The van der Waals surface area contributed by atoms with Gasteiger partial charge < -0.3 is 14.8 Å². The van der Waals surface area contributed by atoms with Crippen LogP contribution in [0.2, 0.25) is 5.02 Å². The Bertz CT molecular complexity index is 1220. The zero-order valence-electron chi connectivity index (χ0n) is 17.8. The first kappa shape index (κ1) is 24.9. The molecule has 0 aliphatic heterocycles. The summed E-state index contributed by atoms with van der Waals surface area (Å²) in [5.41, 5.74) is 1.27. The molecular formula is C23H22BrClN2O5S. The average molecular weight is 554 g/mol. The molecule has 33 heavy (non-hydrogen) atoms. The highest BCUT2D eigenvalue weighted by Crippen LogP contribution is 2.28. The molecule has 0 bridgehead atoms. The molecule has 0 unspecified atom stereocenters. The van der Waals surface area contributed by atoms with Crippen molar-refractivity contribution in [2.24, 2.45) is 0 Å². The fourth-order valence-electron chi connectivity index (χ4n) is 2.93. The predicted molar refractivity (Wildman–Crippen MR) is 131 cm³/mol. The zero-order valence-corrected chi connectivity index (χ0v) is 21.0. The first-order chi connectivity index (χ1) is 15.7. The number of ether oxygens (including phenoxy) is 2. The minimum atomic E-state index is -3.83. The number of sulfonamides is 1. The van der Waals surface area contributed by atoms with Gasteiger partial charge in [-0.05, 0) is 67.1 Å². The summed E-state index contributed by atoms with van der Waals surface area (Å²) in [5, 5.41) is 3.14. The van der Waals surface area contributed by atoms with Crippen molar-refractivity contribution in [1.82, 2.24) is 5.32 Å². The highest BCUT2D eigenvalue weighted by molar-refractivity contribution is 9.10. The lowest BCUT2D eigenvalue weighted by Gasteiger charge is -2.15. The van der Waals surface area contributed by atoms with Crippen LogP contribution in [0.15, 0.2) is 76.1 Å². The topological polar surface area (TPSA) is 93.7 Å². The Hall–Kier alpha value is -2.75. The number of hydrogen-bond donors (Lipinski definition) is 2. The lowest BCUT2D eigenvalue weighted by molar-refractivity contribution is -0.123. The van der Waals surface area contributed by atoms with Gasteiger partial charge in [0.05, 0.1) is 28.8 Å². The minimum Gasteiger partial charge on any atom is -0.495 e. The van der Waals surface area contributed by atoms with Crippen LogP contribution in [0.3, 0.4) is 0 Å². The lowest BCUT2D eigenvalue weighted by Crippen LogP contribution is -2.31. The van der Waals surface area contributed by atoms with E-state index < -0.39 is 10.0 Å². The largest absolute Gasteiger partial charge is 0.495 e. The highest BCUT2D eigenvalue weighted by Gasteiger charge is 2.16. The molecule has 3 rings (SSSR count). The van der Waals surface area contributed by atoms with Gasteiger partial charge in [-0.15, -0.1) is 0 Å². The molecule has 3 aromatic rings. The number of carbonyl (C=O) groups is 1. The van der Waals surface area contributed by atoms with E-state index in [1.54, 1.807) is 12.1 Å². The number of benzene rings is 3. The first-order valence-corrected chi connectivity index (χ1v) is 12.5. The molecule has 0 aromatic heterocycles. The lowest BCUT2D eigenvalue weighted by atomic mass is 10.1. The van der Waals surface area contributed by atoms with E-state index in [0.29, 0.717) is 17.2 Å². The van der Waals surface area contributed by atoms with E-state index in [4.69, 9.17) is 21.1 Å².